The Balaban J connectivity index is 4.01. The summed E-state index contributed by atoms with van der Waals surface area (Å²) in [6.07, 6.45) is 1.30. The average molecular weight is 127 g/mol. The Kier molecular flexibility index (Phi) is 3.35. The molecule has 0 N–H and O–H groups in total. The van der Waals surface area contributed by atoms with Gasteiger partial charge in [-0.15, -0.1) is 0 Å². The minimum atomic E-state index is -0.421. The molecule has 0 radical (unpaired) electrons. The summed E-state index contributed by atoms with van der Waals surface area (Å²) in [4.78, 5) is 14.1. The van der Waals surface area contributed by atoms with Crippen LogP contribution in [0, 0.1) is 0 Å². The number of carbonyl (C=O) groups is 1. The van der Waals surface area contributed by atoms with Crippen LogP contribution in [0.15, 0.2) is 17.8 Å². The predicted octanol–water partition coefficient (Wildman–Crippen LogP) is 0.764. The Morgan fingerprint density at radius 3 is 2.67 bits per heavy atom. The van der Waals surface area contributed by atoms with Gasteiger partial charge in [0.1, 0.15) is 5.71 Å². The lowest BCUT2D eigenvalue weighted by Gasteiger charge is -1.93. The van der Waals surface area contributed by atoms with E-state index in [0.717, 1.165) is 0 Å². The molecule has 0 aliphatic heterocycles. The van der Waals surface area contributed by atoms with Crippen molar-refractivity contribution in [1.82, 2.24) is 0 Å². The van der Waals surface area contributed by atoms with Gasteiger partial charge < -0.3 is 4.74 Å². The fourth-order valence-corrected chi connectivity index (χ4v) is 0.337. The normalized spacial score (nSPS) is 10.7. The maximum absolute atomic E-state index is 10.5. The Morgan fingerprint density at radius 2 is 2.33 bits per heavy atom. The zero-order chi connectivity index (χ0) is 7.28. The maximum atomic E-state index is 10.5. The third-order valence-corrected chi connectivity index (χ3v) is 0.766. The van der Waals surface area contributed by atoms with E-state index < -0.39 is 5.97 Å². The Morgan fingerprint density at radius 1 is 1.78 bits per heavy atom. The molecule has 0 unspecified atom stereocenters. The van der Waals surface area contributed by atoms with E-state index in [9.17, 15) is 4.79 Å². The largest absolute Gasteiger partial charge is 0.465 e. The van der Waals surface area contributed by atoms with E-state index in [1.807, 2.05) is 0 Å². The van der Waals surface area contributed by atoms with Gasteiger partial charge in [-0.2, -0.15) is 0 Å². The number of hydrogen-bond donors (Lipinski definition) is 0. The van der Waals surface area contributed by atoms with Gasteiger partial charge in [0.2, 0.25) is 0 Å². The molecular formula is C6H9NO2. The topological polar surface area (TPSA) is 38.7 Å². The van der Waals surface area contributed by atoms with Crippen molar-refractivity contribution in [1.29, 1.82) is 0 Å². The fraction of sp³-hybridized carbons (Fsp3) is 0.333. The molecule has 50 valence electrons. The molecule has 0 rings (SSSR count). The van der Waals surface area contributed by atoms with Gasteiger partial charge in [0, 0.05) is 6.20 Å². The number of nitrogens with zero attached hydrogens (tertiary/aromatic N) is 1. The maximum Gasteiger partial charge on any atom is 0.352 e. The third-order valence-electron chi connectivity index (χ3n) is 0.766. The van der Waals surface area contributed by atoms with Crippen LogP contribution in [0.25, 0.3) is 0 Å². The molecule has 0 aliphatic carbocycles. The molecule has 3 heteroatoms. The summed E-state index contributed by atoms with van der Waals surface area (Å²) < 4.78 is 4.35. The molecule has 0 saturated carbocycles. The number of methoxy groups -OCH3 is 1. The van der Waals surface area contributed by atoms with Crippen LogP contribution in [0.2, 0.25) is 0 Å². The molecule has 3 nitrogen and oxygen atoms in total. The Hall–Kier alpha value is -1.12. The second kappa shape index (κ2) is 3.83. The van der Waals surface area contributed by atoms with E-state index in [4.69, 9.17) is 0 Å². The van der Waals surface area contributed by atoms with Crippen molar-refractivity contribution in [3.63, 3.8) is 0 Å². The molecular weight excluding hydrogens is 118 g/mol. The highest BCUT2D eigenvalue weighted by atomic mass is 16.5. The Bertz CT molecular complexity index is 149. The molecule has 0 fully saturated rings. The number of hydrogen-bond acceptors (Lipinski definition) is 3. The number of carbonyl (C=O) groups excluding carboxylic acids is 1. The van der Waals surface area contributed by atoms with Crippen molar-refractivity contribution in [2.45, 2.75) is 6.92 Å². The van der Waals surface area contributed by atoms with Crippen molar-refractivity contribution in [3.05, 3.63) is 12.8 Å². The molecule has 0 spiro atoms. The standard InChI is InChI=1S/C6H9NO2/c1-4-7-5(2)6(8)9-3/h4H,1H2,2-3H3. The molecule has 0 amide bonds. The molecule has 0 bridgehead atoms. The first kappa shape index (κ1) is 7.88. The third kappa shape index (κ3) is 2.64. The number of rotatable bonds is 2. The van der Waals surface area contributed by atoms with Crippen molar-refractivity contribution in [2.24, 2.45) is 4.99 Å². The van der Waals surface area contributed by atoms with Crippen molar-refractivity contribution < 1.29 is 9.53 Å². The van der Waals surface area contributed by atoms with Crippen LogP contribution in [0.5, 0.6) is 0 Å². The van der Waals surface area contributed by atoms with Crippen LogP contribution in [0.1, 0.15) is 6.92 Å². The molecule has 0 aliphatic rings. The van der Waals surface area contributed by atoms with Gasteiger partial charge in [0.25, 0.3) is 0 Å². The van der Waals surface area contributed by atoms with Crippen molar-refractivity contribution in [2.75, 3.05) is 7.11 Å². The number of ether oxygens (including phenoxy) is 1. The summed E-state index contributed by atoms with van der Waals surface area (Å²) in [7, 11) is 1.31. The Labute approximate surface area is 54.0 Å². The minimum absolute atomic E-state index is 0.313. The number of esters is 1. The van der Waals surface area contributed by atoms with E-state index >= 15 is 0 Å². The van der Waals surface area contributed by atoms with Gasteiger partial charge in [-0.25, -0.2) is 4.79 Å². The monoisotopic (exact) mass is 127 g/mol. The smallest absolute Gasteiger partial charge is 0.352 e. The molecule has 0 atom stereocenters. The summed E-state index contributed by atoms with van der Waals surface area (Å²) in [5.74, 6) is -0.421. The highest BCUT2D eigenvalue weighted by Crippen LogP contribution is 1.81. The summed E-state index contributed by atoms with van der Waals surface area (Å²) in [5, 5.41) is 0. The molecule has 9 heavy (non-hydrogen) atoms. The van der Waals surface area contributed by atoms with Crippen LogP contribution >= 0.6 is 0 Å². The van der Waals surface area contributed by atoms with Gasteiger partial charge in [0.05, 0.1) is 7.11 Å². The first-order chi connectivity index (χ1) is 4.22. The summed E-state index contributed by atoms with van der Waals surface area (Å²) in [5.41, 5.74) is 0.313. The first-order valence-corrected chi connectivity index (χ1v) is 2.46. The van der Waals surface area contributed by atoms with E-state index in [-0.39, 0.29) is 0 Å². The predicted molar refractivity (Wildman–Crippen MR) is 35.3 cm³/mol. The lowest BCUT2D eigenvalue weighted by molar-refractivity contribution is -0.132. The molecule has 0 heterocycles. The summed E-state index contributed by atoms with van der Waals surface area (Å²) in [6.45, 7) is 4.89. The SMILES string of the molecule is C=CN=C(C)C(=O)OC. The molecule has 0 aromatic heterocycles. The average Bonchev–Trinajstić information content (AvgIpc) is 1.87. The summed E-state index contributed by atoms with van der Waals surface area (Å²) >= 11 is 0. The van der Waals surface area contributed by atoms with E-state index in [1.54, 1.807) is 6.92 Å². The van der Waals surface area contributed by atoms with Crippen LogP contribution < -0.4 is 0 Å². The molecule has 0 aromatic rings. The van der Waals surface area contributed by atoms with Crippen molar-refractivity contribution >= 4 is 11.7 Å². The van der Waals surface area contributed by atoms with Crippen LogP contribution in [0.4, 0.5) is 0 Å². The fourth-order valence-electron chi connectivity index (χ4n) is 0.337. The van der Waals surface area contributed by atoms with E-state index in [1.165, 1.54) is 13.3 Å². The van der Waals surface area contributed by atoms with Crippen LogP contribution in [-0.2, 0) is 9.53 Å². The second-order valence-corrected chi connectivity index (χ2v) is 1.39. The molecule has 0 saturated heterocycles. The summed E-state index contributed by atoms with van der Waals surface area (Å²) in [6, 6.07) is 0. The van der Waals surface area contributed by atoms with E-state index in [0.29, 0.717) is 5.71 Å². The second-order valence-electron chi connectivity index (χ2n) is 1.39. The van der Waals surface area contributed by atoms with Gasteiger partial charge in [0.15, 0.2) is 0 Å². The zero-order valence-corrected chi connectivity index (χ0v) is 5.55. The van der Waals surface area contributed by atoms with Gasteiger partial charge in [-0.1, -0.05) is 6.58 Å². The zero-order valence-electron chi connectivity index (χ0n) is 5.55. The van der Waals surface area contributed by atoms with Gasteiger partial charge in [-0.3, -0.25) is 4.99 Å². The van der Waals surface area contributed by atoms with Crippen molar-refractivity contribution in [3.8, 4) is 0 Å². The highest BCUT2D eigenvalue weighted by molar-refractivity contribution is 6.35. The van der Waals surface area contributed by atoms with Crippen LogP contribution in [0.3, 0.4) is 0 Å². The van der Waals surface area contributed by atoms with Crippen LogP contribution in [-0.4, -0.2) is 18.8 Å². The first-order valence-electron chi connectivity index (χ1n) is 2.46. The number of aliphatic imine (C=N–C) groups is 1. The van der Waals surface area contributed by atoms with E-state index in [2.05, 4.69) is 16.3 Å². The lowest BCUT2D eigenvalue weighted by Crippen LogP contribution is -2.10. The van der Waals surface area contributed by atoms with Gasteiger partial charge >= 0.3 is 5.97 Å². The quantitative estimate of drug-likeness (QED) is 0.406. The van der Waals surface area contributed by atoms with Gasteiger partial charge in [-0.05, 0) is 6.92 Å². The lowest BCUT2D eigenvalue weighted by atomic mass is 10.4. The highest BCUT2D eigenvalue weighted by Gasteiger charge is 2.01. The minimum Gasteiger partial charge on any atom is -0.465 e. The molecule has 0 aromatic carbocycles.